The third-order valence-electron chi connectivity index (χ3n) is 5.09. The van der Waals surface area contributed by atoms with Crippen LogP contribution in [0.1, 0.15) is 58.4 Å². The average Bonchev–Trinajstić information content (AvgIpc) is 2.63. The highest BCUT2D eigenvalue weighted by molar-refractivity contribution is 6.11. The highest BCUT2D eigenvalue weighted by atomic mass is 16.2. The topological polar surface area (TPSA) is 49.4 Å². The van der Waals surface area contributed by atoms with Gasteiger partial charge < -0.3 is 10.2 Å². The number of anilines is 1. The number of carbonyl (C=O) groups is 2. The van der Waals surface area contributed by atoms with Gasteiger partial charge in [0.2, 0.25) is 11.8 Å². The van der Waals surface area contributed by atoms with Crippen molar-refractivity contribution in [1.29, 1.82) is 0 Å². The Balaban J connectivity index is 2.00. The van der Waals surface area contributed by atoms with E-state index in [0.29, 0.717) is 13.1 Å². The summed E-state index contributed by atoms with van der Waals surface area (Å²) >= 11 is 0. The van der Waals surface area contributed by atoms with Gasteiger partial charge in [0.25, 0.3) is 0 Å². The van der Waals surface area contributed by atoms with Crippen LogP contribution < -0.4 is 10.2 Å². The summed E-state index contributed by atoms with van der Waals surface area (Å²) in [5, 5.41) is 2.97. The molecule has 0 unspecified atom stereocenters. The minimum Gasteiger partial charge on any atom is -0.355 e. The number of hydrogen-bond acceptors (Lipinski definition) is 2. The third-order valence-corrected chi connectivity index (χ3v) is 5.09. The molecule has 0 atom stereocenters. The molecule has 1 N–H and O–H groups in total. The lowest BCUT2D eigenvalue weighted by atomic mass is 9.89. The van der Waals surface area contributed by atoms with E-state index in [-0.39, 0.29) is 11.8 Å². The summed E-state index contributed by atoms with van der Waals surface area (Å²) in [6.45, 7) is 8.49. The van der Waals surface area contributed by atoms with Crippen LogP contribution >= 0.6 is 0 Å². The standard InChI is InChI=1S/C22H32N2O2/c1-5-24(19-13-9-10-17(2)16-19)21(26)22(3,4)20(25)23-15-14-18-11-7-6-8-12-18/h9-11,13,16H,5-8,12,14-15H2,1-4H3,(H,23,25). The number of carbonyl (C=O) groups excluding carboxylic acids is 2. The Labute approximate surface area is 157 Å². The van der Waals surface area contributed by atoms with Gasteiger partial charge in [-0.3, -0.25) is 9.59 Å². The molecule has 4 nitrogen and oxygen atoms in total. The number of hydrogen-bond donors (Lipinski definition) is 1. The fourth-order valence-corrected chi connectivity index (χ4v) is 3.36. The normalized spacial score (nSPS) is 14.5. The first-order chi connectivity index (χ1) is 12.4. The van der Waals surface area contributed by atoms with Crippen molar-refractivity contribution in [3.63, 3.8) is 0 Å². The summed E-state index contributed by atoms with van der Waals surface area (Å²) in [6, 6.07) is 7.83. The number of aryl methyl sites for hydroxylation is 1. The van der Waals surface area contributed by atoms with Crippen LogP contribution in [0.25, 0.3) is 0 Å². The molecule has 4 heteroatoms. The van der Waals surface area contributed by atoms with Crippen molar-refractivity contribution in [2.45, 2.75) is 59.8 Å². The Kier molecular flexibility index (Phi) is 7.01. The van der Waals surface area contributed by atoms with Gasteiger partial charge in [-0.25, -0.2) is 0 Å². The molecule has 2 rings (SSSR count). The van der Waals surface area contributed by atoms with Crippen molar-refractivity contribution in [3.8, 4) is 0 Å². The Morgan fingerprint density at radius 3 is 2.62 bits per heavy atom. The minimum absolute atomic E-state index is 0.167. The van der Waals surface area contributed by atoms with Gasteiger partial charge in [0.15, 0.2) is 0 Å². The molecule has 1 aliphatic carbocycles. The van der Waals surface area contributed by atoms with Crippen LogP contribution in [0, 0.1) is 12.3 Å². The lowest BCUT2D eigenvalue weighted by Crippen LogP contribution is -2.50. The second-order valence-corrected chi connectivity index (χ2v) is 7.63. The summed E-state index contributed by atoms with van der Waals surface area (Å²) in [5.74, 6) is -0.370. The Morgan fingerprint density at radius 1 is 1.23 bits per heavy atom. The van der Waals surface area contributed by atoms with E-state index in [0.717, 1.165) is 30.5 Å². The smallest absolute Gasteiger partial charge is 0.242 e. The fourth-order valence-electron chi connectivity index (χ4n) is 3.36. The van der Waals surface area contributed by atoms with Crippen LogP contribution in [-0.4, -0.2) is 24.9 Å². The molecular formula is C22H32N2O2. The van der Waals surface area contributed by atoms with Crippen molar-refractivity contribution in [3.05, 3.63) is 41.5 Å². The Bertz CT molecular complexity index is 676. The van der Waals surface area contributed by atoms with Crippen molar-refractivity contribution < 1.29 is 9.59 Å². The molecule has 1 aromatic rings. The SMILES string of the molecule is CCN(C(=O)C(C)(C)C(=O)NCCC1=CCCCC1)c1cccc(C)c1. The number of benzene rings is 1. The number of nitrogens with one attached hydrogen (secondary N) is 1. The molecule has 0 saturated carbocycles. The summed E-state index contributed by atoms with van der Waals surface area (Å²) in [4.78, 5) is 27.4. The second kappa shape index (κ2) is 9.02. The van der Waals surface area contributed by atoms with E-state index in [1.165, 1.54) is 18.4 Å². The Hall–Kier alpha value is -2.10. The van der Waals surface area contributed by atoms with E-state index >= 15 is 0 Å². The summed E-state index contributed by atoms with van der Waals surface area (Å²) in [7, 11) is 0. The van der Waals surface area contributed by atoms with E-state index in [9.17, 15) is 9.59 Å². The lowest BCUT2D eigenvalue weighted by molar-refractivity contribution is -0.139. The highest BCUT2D eigenvalue weighted by Gasteiger charge is 2.39. The van der Waals surface area contributed by atoms with Crippen LogP contribution in [0.2, 0.25) is 0 Å². The van der Waals surface area contributed by atoms with Gasteiger partial charge in [0.05, 0.1) is 0 Å². The van der Waals surface area contributed by atoms with Crippen molar-refractivity contribution in [2.75, 3.05) is 18.0 Å². The number of rotatable bonds is 7. The predicted octanol–water partition coefficient (Wildman–Crippen LogP) is 4.38. The van der Waals surface area contributed by atoms with Crippen LogP contribution in [-0.2, 0) is 9.59 Å². The molecule has 0 aliphatic heterocycles. The maximum atomic E-state index is 13.1. The first-order valence-electron chi connectivity index (χ1n) is 9.71. The summed E-state index contributed by atoms with van der Waals surface area (Å²) in [5.41, 5.74) is 2.26. The first kappa shape index (κ1) is 20.2. The van der Waals surface area contributed by atoms with Gasteiger partial charge in [0.1, 0.15) is 5.41 Å². The zero-order valence-electron chi connectivity index (χ0n) is 16.6. The van der Waals surface area contributed by atoms with Crippen molar-refractivity contribution in [1.82, 2.24) is 5.32 Å². The van der Waals surface area contributed by atoms with E-state index in [1.54, 1.807) is 18.7 Å². The third kappa shape index (κ3) is 4.96. The van der Waals surface area contributed by atoms with E-state index in [4.69, 9.17) is 0 Å². The molecule has 0 bridgehead atoms. The molecule has 1 aromatic carbocycles. The van der Waals surface area contributed by atoms with Gasteiger partial charge >= 0.3 is 0 Å². The molecule has 26 heavy (non-hydrogen) atoms. The summed E-state index contributed by atoms with van der Waals surface area (Å²) < 4.78 is 0. The molecule has 0 aromatic heterocycles. The van der Waals surface area contributed by atoms with Crippen LogP contribution in [0.3, 0.4) is 0 Å². The van der Waals surface area contributed by atoms with Gasteiger partial charge in [-0.15, -0.1) is 0 Å². The zero-order chi connectivity index (χ0) is 19.2. The maximum Gasteiger partial charge on any atom is 0.242 e. The van der Waals surface area contributed by atoms with Crippen molar-refractivity contribution >= 4 is 17.5 Å². The molecular weight excluding hydrogens is 324 g/mol. The number of amides is 2. The van der Waals surface area contributed by atoms with Gasteiger partial charge in [-0.1, -0.05) is 23.8 Å². The van der Waals surface area contributed by atoms with Gasteiger partial charge in [0, 0.05) is 18.8 Å². The van der Waals surface area contributed by atoms with Crippen LogP contribution in [0.4, 0.5) is 5.69 Å². The molecule has 0 spiro atoms. The van der Waals surface area contributed by atoms with Crippen LogP contribution in [0.5, 0.6) is 0 Å². The minimum atomic E-state index is -1.10. The van der Waals surface area contributed by atoms with E-state index < -0.39 is 5.41 Å². The largest absolute Gasteiger partial charge is 0.355 e. The van der Waals surface area contributed by atoms with Crippen molar-refractivity contribution in [2.24, 2.45) is 5.41 Å². The first-order valence-corrected chi connectivity index (χ1v) is 9.71. The highest BCUT2D eigenvalue weighted by Crippen LogP contribution is 2.25. The molecule has 0 fully saturated rings. The van der Waals surface area contributed by atoms with Crippen LogP contribution in [0.15, 0.2) is 35.9 Å². The quantitative estimate of drug-likeness (QED) is 0.582. The molecule has 0 radical (unpaired) electrons. The molecule has 1 aliphatic rings. The zero-order valence-corrected chi connectivity index (χ0v) is 16.6. The lowest BCUT2D eigenvalue weighted by Gasteiger charge is -2.30. The second-order valence-electron chi connectivity index (χ2n) is 7.63. The average molecular weight is 357 g/mol. The maximum absolute atomic E-state index is 13.1. The summed E-state index contributed by atoms with van der Waals surface area (Å²) in [6.07, 6.45) is 7.97. The van der Waals surface area contributed by atoms with E-state index in [1.807, 2.05) is 38.1 Å². The van der Waals surface area contributed by atoms with Gasteiger partial charge in [-0.05, 0) is 77.5 Å². The molecule has 2 amide bonds. The molecule has 0 heterocycles. The fraction of sp³-hybridized carbons (Fsp3) is 0.545. The number of nitrogens with zero attached hydrogens (tertiary/aromatic N) is 1. The Morgan fingerprint density at radius 2 is 2.00 bits per heavy atom. The number of allylic oxidation sites excluding steroid dienone is 1. The monoisotopic (exact) mass is 356 g/mol. The van der Waals surface area contributed by atoms with Gasteiger partial charge in [-0.2, -0.15) is 0 Å². The van der Waals surface area contributed by atoms with E-state index in [2.05, 4.69) is 11.4 Å². The molecule has 0 saturated heterocycles. The molecule has 142 valence electrons. The predicted molar refractivity (Wildman–Crippen MR) is 107 cm³/mol.